The zero-order valence-corrected chi connectivity index (χ0v) is 17.6. The van der Waals surface area contributed by atoms with E-state index in [-0.39, 0.29) is 22.9 Å². The fourth-order valence-electron chi connectivity index (χ4n) is 4.26. The van der Waals surface area contributed by atoms with Crippen molar-refractivity contribution in [2.45, 2.75) is 78.1 Å². The van der Waals surface area contributed by atoms with Crippen molar-refractivity contribution >= 4 is 0 Å². The molecule has 1 aromatic heterocycles. The first-order valence-corrected chi connectivity index (χ1v) is 9.99. The maximum atomic E-state index is 8.91. The molecule has 1 aromatic carbocycles. The molecule has 0 N–H and O–H groups in total. The van der Waals surface area contributed by atoms with Gasteiger partial charge in [-0.15, -0.1) is 0 Å². The summed E-state index contributed by atoms with van der Waals surface area (Å²) in [5.41, 5.74) is 4.48. The molecule has 2 aromatic rings. The smallest absolute Gasteiger partial charge is 0.201 e. The molecule has 0 atom stereocenters. The lowest BCUT2D eigenvalue weighted by Crippen LogP contribution is -2.35. The van der Waals surface area contributed by atoms with Crippen molar-refractivity contribution < 1.29 is 8.68 Å². The molecule has 0 saturated heterocycles. The average molecular weight is 354 g/mol. The third kappa shape index (κ3) is 3.59. The van der Waals surface area contributed by atoms with Crippen LogP contribution in [0.15, 0.2) is 36.5 Å². The van der Waals surface area contributed by atoms with E-state index in [1.165, 1.54) is 18.4 Å². The zero-order valence-electron chi connectivity index (χ0n) is 20.6. The van der Waals surface area contributed by atoms with Crippen molar-refractivity contribution in [3.63, 3.8) is 0 Å². The number of pyridine rings is 1. The summed E-state index contributed by atoms with van der Waals surface area (Å²) in [5, 5.41) is 0. The molecule has 3 rings (SSSR count). The van der Waals surface area contributed by atoms with Gasteiger partial charge in [0.25, 0.3) is 0 Å². The summed E-state index contributed by atoms with van der Waals surface area (Å²) < 4.78 is 28.4. The van der Waals surface area contributed by atoms with Gasteiger partial charge in [0.1, 0.15) is 8.42 Å². The van der Waals surface area contributed by atoms with Crippen molar-refractivity contribution in [2.24, 2.45) is 13.0 Å². The van der Waals surface area contributed by atoms with Gasteiger partial charge in [-0.1, -0.05) is 59.6 Å². The summed E-state index contributed by atoms with van der Waals surface area (Å²) in [7, 11) is 1.88. The maximum Gasteiger partial charge on any atom is 0.212 e. The lowest BCUT2D eigenvalue weighted by Gasteiger charge is -2.31. The summed E-state index contributed by atoms with van der Waals surface area (Å²) in [6.45, 7) is 13.0. The SMILES string of the molecule is [2H]c1c([2H])c(-c2ccc(C(C)(C)C)cc2C)[n+](C)c([2H])c1C(C)(C)C1CCCC1. The van der Waals surface area contributed by atoms with Crippen molar-refractivity contribution in [2.75, 3.05) is 0 Å². The summed E-state index contributed by atoms with van der Waals surface area (Å²) in [4.78, 5) is 0. The Kier molecular flexibility index (Phi) is 4.06. The summed E-state index contributed by atoms with van der Waals surface area (Å²) >= 11 is 0. The van der Waals surface area contributed by atoms with Gasteiger partial charge in [-0.25, -0.2) is 4.57 Å². The standard InChI is InChI=1S/C25H36N/c1-18-16-20(24(2,3)4)12-14-22(18)23-15-13-21(17-26(23)7)25(5,6)19-10-8-9-11-19/h12-17,19H,8-11H2,1-7H3/q+1/i13D,15D,17D. The number of rotatable bonds is 3. The minimum atomic E-state index is -0.262. The number of hydrogen-bond acceptors (Lipinski definition) is 0. The quantitative estimate of drug-likeness (QED) is 0.574. The molecule has 0 bridgehead atoms. The van der Waals surface area contributed by atoms with Crippen LogP contribution in [0.1, 0.15) is 81.1 Å². The first-order valence-electron chi connectivity index (χ1n) is 11.5. The second kappa shape index (κ2) is 6.83. The molecule has 0 aliphatic heterocycles. The van der Waals surface area contributed by atoms with Crippen LogP contribution in [0, 0.1) is 12.8 Å². The minimum Gasteiger partial charge on any atom is -0.201 e. The Hall–Kier alpha value is -1.63. The Balaban J connectivity index is 2.19. The van der Waals surface area contributed by atoms with Gasteiger partial charge in [0.15, 0.2) is 6.17 Å². The number of aryl methyl sites for hydroxylation is 1. The van der Waals surface area contributed by atoms with E-state index in [1.54, 1.807) is 0 Å². The van der Waals surface area contributed by atoms with Gasteiger partial charge < -0.3 is 0 Å². The molecule has 140 valence electrons. The Bertz CT molecular complexity index is 903. The second-order valence-corrected chi connectivity index (χ2v) is 9.63. The summed E-state index contributed by atoms with van der Waals surface area (Å²) in [6.07, 6.45) is 5.13. The lowest BCUT2D eigenvalue weighted by molar-refractivity contribution is -0.661. The fraction of sp³-hybridized carbons (Fsp3) is 0.560. The number of hydrogen-bond donors (Lipinski definition) is 0. The fourth-order valence-corrected chi connectivity index (χ4v) is 4.26. The van der Waals surface area contributed by atoms with Gasteiger partial charge in [-0.05, 0) is 59.7 Å². The molecule has 1 saturated carbocycles. The Morgan fingerprint density at radius 1 is 1.00 bits per heavy atom. The molecule has 0 amide bonds. The van der Waals surface area contributed by atoms with Crippen molar-refractivity contribution in [1.29, 1.82) is 0 Å². The van der Waals surface area contributed by atoms with Gasteiger partial charge in [0, 0.05) is 17.2 Å². The molecule has 0 spiro atoms. The van der Waals surface area contributed by atoms with Gasteiger partial charge in [0.2, 0.25) is 5.69 Å². The van der Waals surface area contributed by atoms with E-state index in [0.717, 1.165) is 29.5 Å². The average Bonchev–Trinajstić information content (AvgIpc) is 3.16. The van der Waals surface area contributed by atoms with E-state index in [4.69, 9.17) is 4.11 Å². The predicted molar refractivity (Wildman–Crippen MR) is 111 cm³/mol. The molecule has 0 unspecified atom stereocenters. The maximum absolute atomic E-state index is 8.91. The molecular formula is C25H36N+. The highest BCUT2D eigenvalue weighted by molar-refractivity contribution is 5.62. The van der Waals surface area contributed by atoms with Gasteiger partial charge in [0.05, 0.1) is 2.74 Å². The van der Waals surface area contributed by atoms with E-state index < -0.39 is 0 Å². The van der Waals surface area contributed by atoms with E-state index in [0.29, 0.717) is 17.8 Å². The Morgan fingerprint density at radius 2 is 1.65 bits per heavy atom. The zero-order chi connectivity index (χ0) is 21.7. The molecule has 26 heavy (non-hydrogen) atoms. The van der Waals surface area contributed by atoms with Crippen LogP contribution in [0.5, 0.6) is 0 Å². The highest BCUT2D eigenvalue weighted by Crippen LogP contribution is 2.41. The molecule has 0 radical (unpaired) electrons. The lowest BCUT2D eigenvalue weighted by atomic mass is 9.73. The van der Waals surface area contributed by atoms with Gasteiger partial charge >= 0.3 is 0 Å². The summed E-state index contributed by atoms with van der Waals surface area (Å²) in [6, 6.07) is 6.81. The molecule has 1 aliphatic rings. The van der Waals surface area contributed by atoms with Crippen LogP contribution in [0.2, 0.25) is 0 Å². The summed E-state index contributed by atoms with van der Waals surface area (Å²) in [5.74, 6) is 0.480. The van der Waals surface area contributed by atoms with E-state index >= 15 is 0 Å². The first kappa shape index (κ1) is 15.4. The van der Waals surface area contributed by atoms with Crippen LogP contribution >= 0.6 is 0 Å². The molecule has 1 nitrogen and oxygen atoms in total. The third-order valence-electron chi connectivity index (χ3n) is 6.29. The van der Waals surface area contributed by atoms with Crippen LogP contribution in [-0.4, -0.2) is 0 Å². The molecule has 1 heteroatoms. The van der Waals surface area contributed by atoms with Crippen LogP contribution < -0.4 is 4.57 Å². The molecule has 1 fully saturated rings. The normalized spacial score (nSPS) is 17.9. The van der Waals surface area contributed by atoms with Crippen LogP contribution in [-0.2, 0) is 17.9 Å². The first-order chi connectivity index (χ1) is 13.4. The van der Waals surface area contributed by atoms with Crippen molar-refractivity contribution in [1.82, 2.24) is 0 Å². The van der Waals surface area contributed by atoms with Crippen molar-refractivity contribution in [3.8, 4) is 11.3 Å². The van der Waals surface area contributed by atoms with Crippen LogP contribution in [0.4, 0.5) is 0 Å². The minimum absolute atomic E-state index is 0.0611. The third-order valence-corrected chi connectivity index (χ3v) is 6.29. The number of nitrogens with zero attached hydrogens (tertiary/aromatic N) is 1. The van der Waals surface area contributed by atoms with Gasteiger partial charge in [-0.2, -0.15) is 0 Å². The Labute approximate surface area is 164 Å². The highest BCUT2D eigenvalue weighted by atomic mass is 14.9. The number of aromatic nitrogens is 1. The molecule has 1 heterocycles. The monoisotopic (exact) mass is 353 g/mol. The number of benzene rings is 1. The topological polar surface area (TPSA) is 3.88 Å². The Morgan fingerprint density at radius 3 is 2.23 bits per heavy atom. The van der Waals surface area contributed by atoms with Gasteiger partial charge in [-0.3, -0.25) is 0 Å². The van der Waals surface area contributed by atoms with E-state index in [9.17, 15) is 0 Å². The largest absolute Gasteiger partial charge is 0.212 e. The molecular weight excluding hydrogens is 314 g/mol. The predicted octanol–water partition coefficient (Wildman–Crippen LogP) is 6.25. The molecule has 1 aliphatic carbocycles. The van der Waals surface area contributed by atoms with Crippen molar-refractivity contribution in [3.05, 3.63) is 53.1 Å². The highest BCUT2D eigenvalue weighted by Gasteiger charge is 2.35. The second-order valence-electron chi connectivity index (χ2n) is 9.63. The van der Waals surface area contributed by atoms with Crippen LogP contribution in [0.25, 0.3) is 11.3 Å². The van der Waals surface area contributed by atoms with E-state index in [1.807, 2.05) is 11.6 Å². The van der Waals surface area contributed by atoms with Crippen LogP contribution in [0.3, 0.4) is 0 Å². The van der Waals surface area contributed by atoms with E-state index in [2.05, 4.69) is 59.7 Å².